The van der Waals surface area contributed by atoms with E-state index in [9.17, 15) is 9.90 Å². The molecule has 2 N–H and O–H groups in total. The molecular formula is C32H37ClN2O4S. The molecule has 6 nitrogen and oxygen atoms in total. The lowest BCUT2D eigenvalue weighted by molar-refractivity contribution is -0.125. The lowest BCUT2D eigenvalue weighted by Gasteiger charge is -2.48. The van der Waals surface area contributed by atoms with Crippen molar-refractivity contribution in [2.24, 2.45) is 11.8 Å². The van der Waals surface area contributed by atoms with Gasteiger partial charge in [0.05, 0.1) is 30.6 Å². The first-order valence-electron chi connectivity index (χ1n) is 14.7. The van der Waals surface area contributed by atoms with Crippen molar-refractivity contribution >= 4 is 35.1 Å². The Morgan fingerprint density at radius 2 is 2.08 bits per heavy atom. The van der Waals surface area contributed by atoms with Crippen LogP contribution in [0.5, 0.6) is 5.75 Å². The lowest BCUT2D eigenvalue weighted by Crippen LogP contribution is -2.52. The Hall–Kier alpha value is -2.19. The van der Waals surface area contributed by atoms with Crippen molar-refractivity contribution < 1.29 is 19.4 Å². The number of fused-ring (bicyclic) bond motifs is 7. The quantitative estimate of drug-likeness (QED) is 0.308. The van der Waals surface area contributed by atoms with Gasteiger partial charge in [0.1, 0.15) is 5.75 Å². The first kappa shape index (κ1) is 26.7. The molecule has 4 bridgehead atoms. The van der Waals surface area contributed by atoms with Crippen LogP contribution in [0.1, 0.15) is 60.0 Å². The van der Waals surface area contributed by atoms with E-state index >= 15 is 0 Å². The summed E-state index contributed by atoms with van der Waals surface area (Å²) in [7, 11) is 0. The zero-order valence-corrected chi connectivity index (χ0v) is 24.3. The first-order valence-corrected chi connectivity index (χ1v) is 16.0. The molecule has 2 aliphatic carbocycles. The maximum absolute atomic E-state index is 13.1. The van der Waals surface area contributed by atoms with Gasteiger partial charge in [-0.05, 0) is 97.3 Å². The van der Waals surface area contributed by atoms with Crippen LogP contribution in [0.4, 0.5) is 5.69 Å². The van der Waals surface area contributed by atoms with Crippen molar-refractivity contribution in [3.63, 3.8) is 0 Å². The second kappa shape index (κ2) is 10.6. The van der Waals surface area contributed by atoms with Crippen molar-refractivity contribution in [1.82, 2.24) is 4.72 Å². The number of carbonyl (C=O) groups excluding carboxylic acids is 1. The molecule has 212 valence electrons. The molecule has 1 saturated carbocycles. The smallest absolute Gasteiger partial charge is 0.261 e. The number of halogens is 1. The molecule has 2 aromatic rings. The molecule has 0 radical (unpaired) electrons. The highest BCUT2D eigenvalue weighted by Gasteiger charge is 2.46. The molecule has 5 aliphatic rings. The van der Waals surface area contributed by atoms with Crippen LogP contribution in [0.25, 0.3) is 0 Å². The molecule has 2 fully saturated rings. The SMILES string of the molecule is O=C1NSC/C=C/[C@@]2(O)CCO[C@@H](C2)[C@@H]2CC[C@H]2CN2C[C@@]3(CCCc4cc(Cl)ccc43)COc3ccc1cc32. The van der Waals surface area contributed by atoms with Gasteiger partial charge in [0.25, 0.3) is 5.91 Å². The van der Waals surface area contributed by atoms with Crippen LogP contribution in [0.15, 0.2) is 48.6 Å². The van der Waals surface area contributed by atoms with E-state index in [2.05, 4.69) is 21.8 Å². The zero-order valence-electron chi connectivity index (χ0n) is 22.7. The topological polar surface area (TPSA) is 71.0 Å². The second-order valence-electron chi connectivity index (χ2n) is 12.4. The van der Waals surface area contributed by atoms with E-state index in [4.69, 9.17) is 21.1 Å². The number of carbonyl (C=O) groups is 1. The molecule has 1 spiro atoms. The van der Waals surface area contributed by atoms with Crippen molar-refractivity contribution in [1.29, 1.82) is 0 Å². The predicted octanol–water partition coefficient (Wildman–Crippen LogP) is 5.70. The highest BCUT2D eigenvalue weighted by Crippen LogP contribution is 2.48. The van der Waals surface area contributed by atoms with Crippen molar-refractivity contribution in [3.05, 3.63) is 70.3 Å². The van der Waals surface area contributed by atoms with Crippen LogP contribution in [0.2, 0.25) is 5.02 Å². The first-order chi connectivity index (χ1) is 19.4. The second-order valence-corrected chi connectivity index (χ2v) is 13.7. The van der Waals surface area contributed by atoms with Crippen molar-refractivity contribution in [2.75, 3.05) is 37.0 Å². The van der Waals surface area contributed by atoms with Crippen LogP contribution in [0.3, 0.4) is 0 Å². The maximum Gasteiger partial charge on any atom is 0.261 e. The predicted molar refractivity (Wildman–Crippen MR) is 159 cm³/mol. The minimum Gasteiger partial charge on any atom is -0.490 e. The summed E-state index contributed by atoms with van der Waals surface area (Å²) in [5.41, 5.74) is 3.29. The number of aryl methyl sites for hydroxylation is 1. The van der Waals surface area contributed by atoms with E-state index in [1.54, 1.807) is 0 Å². The van der Waals surface area contributed by atoms with Gasteiger partial charge in [0.2, 0.25) is 0 Å². The van der Waals surface area contributed by atoms with Crippen LogP contribution in [-0.2, 0) is 16.6 Å². The highest BCUT2D eigenvalue weighted by molar-refractivity contribution is 7.98. The van der Waals surface area contributed by atoms with E-state index in [0.29, 0.717) is 49.2 Å². The fourth-order valence-corrected chi connectivity index (χ4v) is 8.37. The number of amides is 1. The number of ether oxygens (including phenoxy) is 2. The van der Waals surface area contributed by atoms with Crippen LogP contribution in [-0.4, -0.2) is 54.8 Å². The molecule has 1 amide bonds. The van der Waals surface area contributed by atoms with Crippen LogP contribution < -0.4 is 14.4 Å². The minimum absolute atomic E-state index is 0.0583. The lowest BCUT2D eigenvalue weighted by atomic mass is 9.66. The molecule has 8 heteroatoms. The van der Waals surface area contributed by atoms with Gasteiger partial charge in [-0.15, -0.1) is 0 Å². The van der Waals surface area contributed by atoms with Gasteiger partial charge >= 0.3 is 0 Å². The van der Waals surface area contributed by atoms with E-state index < -0.39 is 5.60 Å². The molecule has 40 heavy (non-hydrogen) atoms. The summed E-state index contributed by atoms with van der Waals surface area (Å²) in [5, 5.41) is 12.1. The number of nitrogens with one attached hydrogen (secondary N) is 1. The summed E-state index contributed by atoms with van der Waals surface area (Å²) in [6.07, 6.45) is 10.6. The number of hydrogen-bond acceptors (Lipinski definition) is 6. The van der Waals surface area contributed by atoms with E-state index in [-0.39, 0.29) is 17.4 Å². The van der Waals surface area contributed by atoms with Gasteiger partial charge in [-0.3, -0.25) is 9.52 Å². The standard InChI is InChI=1S/C32H37ClN2O4S/c33-24-6-8-26-21(15-24)3-1-10-31(26)19-35-18-23-4-7-25(23)29-17-32(37,12-13-38-29)11-2-14-40-34-30(36)22-5-9-28(39-20-31)27(35)16-22/h2,5-6,8-9,11,15-16,23,25,29,37H,1,3-4,7,10,12-14,17-20H2,(H,34,36)/b11-2+/t23-,25+,29-,31-,32+/m0/s1. The molecule has 3 aliphatic heterocycles. The van der Waals surface area contributed by atoms with Crippen molar-refractivity contribution in [3.8, 4) is 5.75 Å². The Balaban J connectivity index is 1.27. The molecule has 0 aromatic heterocycles. The summed E-state index contributed by atoms with van der Waals surface area (Å²) >= 11 is 7.76. The summed E-state index contributed by atoms with van der Waals surface area (Å²) in [6.45, 7) is 2.88. The molecule has 5 atom stereocenters. The van der Waals surface area contributed by atoms with E-state index in [1.165, 1.54) is 23.1 Å². The zero-order chi connectivity index (χ0) is 27.3. The minimum atomic E-state index is -0.851. The summed E-state index contributed by atoms with van der Waals surface area (Å²) in [6, 6.07) is 12.2. The Bertz CT molecular complexity index is 1340. The Kier molecular flexibility index (Phi) is 7.06. The van der Waals surface area contributed by atoms with Gasteiger partial charge in [-0.25, -0.2) is 0 Å². The van der Waals surface area contributed by atoms with Gasteiger partial charge in [0.15, 0.2) is 0 Å². The average Bonchev–Trinajstić information content (AvgIpc) is 3.07. The Labute approximate surface area is 245 Å². The molecule has 0 unspecified atom stereocenters. The van der Waals surface area contributed by atoms with Gasteiger partial charge in [0, 0.05) is 47.7 Å². The normalized spacial score (nSPS) is 34.4. The third kappa shape index (κ3) is 4.93. The third-order valence-electron chi connectivity index (χ3n) is 9.90. The fraction of sp³-hybridized carbons (Fsp3) is 0.531. The summed E-state index contributed by atoms with van der Waals surface area (Å²) in [5.74, 6) is 2.18. The number of anilines is 1. The average molecular weight is 581 g/mol. The van der Waals surface area contributed by atoms with Crippen LogP contribution >= 0.6 is 23.5 Å². The Morgan fingerprint density at radius 1 is 1.15 bits per heavy atom. The largest absolute Gasteiger partial charge is 0.490 e. The van der Waals surface area contributed by atoms with E-state index in [1.807, 2.05) is 36.4 Å². The third-order valence-corrected chi connectivity index (χ3v) is 10.8. The van der Waals surface area contributed by atoms with Gasteiger partial charge in [-0.2, -0.15) is 0 Å². The molecule has 3 heterocycles. The van der Waals surface area contributed by atoms with Gasteiger partial charge < -0.3 is 19.5 Å². The van der Waals surface area contributed by atoms with Crippen molar-refractivity contribution in [2.45, 2.75) is 62.1 Å². The monoisotopic (exact) mass is 580 g/mol. The number of nitrogens with zero attached hydrogens (tertiary/aromatic N) is 1. The van der Waals surface area contributed by atoms with Crippen LogP contribution in [0, 0.1) is 11.8 Å². The summed E-state index contributed by atoms with van der Waals surface area (Å²) < 4.78 is 15.9. The fourth-order valence-electron chi connectivity index (χ4n) is 7.65. The highest BCUT2D eigenvalue weighted by atomic mass is 35.5. The van der Waals surface area contributed by atoms with Gasteiger partial charge in [-0.1, -0.05) is 29.8 Å². The molecule has 1 saturated heterocycles. The number of rotatable bonds is 0. The molecule has 2 aromatic carbocycles. The number of benzene rings is 2. The van der Waals surface area contributed by atoms with E-state index in [0.717, 1.165) is 61.7 Å². The molecular weight excluding hydrogens is 544 g/mol. The number of hydrogen-bond donors (Lipinski definition) is 2. The summed E-state index contributed by atoms with van der Waals surface area (Å²) in [4.78, 5) is 15.6. The number of aliphatic hydroxyl groups is 1. The Morgan fingerprint density at radius 3 is 2.95 bits per heavy atom. The maximum atomic E-state index is 13.1. The molecule has 7 rings (SSSR count).